The van der Waals surface area contributed by atoms with Crippen molar-refractivity contribution in [3.8, 4) is 23.2 Å². The predicted octanol–water partition coefficient (Wildman–Crippen LogP) is 5.31. The molecular formula is C25H29N5O2S2. The normalized spacial score (nSPS) is 15.5. The first-order valence-corrected chi connectivity index (χ1v) is 13.0. The molecule has 0 fully saturated rings. The van der Waals surface area contributed by atoms with Crippen molar-refractivity contribution < 1.29 is 9.53 Å². The molecule has 2 aromatic heterocycles. The quantitative estimate of drug-likeness (QED) is 0.466. The summed E-state index contributed by atoms with van der Waals surface area (Å²) in [4.78, 5) is 14.0. The second kappa shape index (κ2) is 9.80. The number of amides is 1. The third-order valence-electron chi connectivity index (χ3n) is 6.37. The number of hydrogen-bond acceptors (Lipinski definition) is 7. The number of thiophene rings is 1. The molecule has 1 N–H and O–H groups in total. The lowest BCUT2D eigenvalue weighted by molar-refractivity contribution is -0.113. The van der Waals surface area contributed by atoms with Crippen molar-refractivity contribution in [3.05, 3.63) is 40.3 Å². The van der Waals surface area contributed by atoms with Crippen molar-refractivity contribution in [1.29, 1.82) is 5.26 Å². The van der Waals surface area contributed by atoms with E-state index in [0.717, 1.165) is 30.4 Å². The summed E-state index contributed by atoms with van der Waals surface area (Å²) in [5.41, 5.74) is 2.81. The van der Waals surface area contributed by atoms with Gasteiger partial charge < -0.3 is 14.6 Å². The molecule has 34 heavy (non-hydrogen) atoms. The van der Waals surface area contributed by atoms with E-state index in [1.165, 1.54) is 16.6 Å². The topological polar surface area (TPSA) is 92.8 Å². The van der Waals surface area contributed by atoms with Gasteiger partial charge >= 0.3 is 0 Å². The maximum atomic E-state index is 12.8. The fourth-order valence-electron chi connectivity index (χ4n) is 4.33. The molecule has 178 valence electrons. The monoisotopic (exact) mass is 495 g/mol. The largest absolute Gasteiger partial charge is 0.496 e. The highest BCUT2D eigenvalue weighted by Gasteiger charge is 2.32. The number of benzene rings is 1. The van der Waals surface area contributed by atoms with Crippen molar-refractivity contribution in [1.82, 2.24) is 14.8 Å². The van der Waals surface area contributed by atoms with Gasteiger partial charge in [-0.3, -0.25) is 4.79 Å². The van der Waals surface area contributed by atoms with Crippen LogP contribution >= 0.6 is 23.1 Å². The number of carbonyl (C=O) groups is 1. The summed E-state index contributed by atoms with van der Waals surface area (Å²) in [5, 5.41) is 22.6. The molecule has 1 atom stereocenters. The van der Waals surface area contributed by atoms with Crippen molar-refractivity contribution in [2.45, 2.75) is 45.2 Å². The molecule has 7 nitrogen and oxygen atoms in total. The van der Waals surface area contributed by atoms with Crippen molar-refractivity contribution in [2.24, 2.45) is 18.4 Å². The maximum Gasteiger partial charge on any atom is 0.235 e. The molecule has 0 saturated heterocycles. The van der Waals surface area contributed by atoms with Crippen LogP contribution in [0.5, 0.6) is 5.75 Å². The molecule has 0 spiro atoms. The molecule has 0 saturated carbocycles. The number of fused-ring (bicyclic) bond motifs is 1. The lowest BCUT2D eigenvalue weighted by Crippen LogP contribution is -2.26. The lowest BCUT2D eigenvalue weighted by Gasteiger charge is -2.33. The van der Waals surface area contributed by atoms with Crippen LogP contribution in [0.4, 0.5) is 5.00 Å². The smallest absolute Gasteiger partial charge is 0.235 e. The summed E-state index contributed by atoms with van der Waals surface area (Å²) in [6.45, 7) is 6.81. The van der Waals surface area contributed by atoms with E-state index in [2.05, 4.69) is 42.4 Å². The molecule has 9 heteroatoms. The van der Waals surface area contributed by atoms with Gasteiger partial charge in [0, 0.05) is 11.9 Å². The standard InChI is InChI=1S/C25H29N5O2S2/c1-25(2,3)15-10-11-16-18(13-26)23(34-20(16)12-15)27-21(31)14-33-24-29-28-22(30(24)4)17-8-6-7-9-19(17)32-5/h6-9,15H,10-12,14H2,1-5H3,(H,27,31). The molecule has 1 amide bonds. The molecule has 2 heterocycles. The fourth-order valence-corrected chi connectivity index (χ4v) is 6.33. The van der Waals surface area contributed by atoms with Crippen LogP contribution in [-0.4, -0.2) is 33.5 Å². The number of para-hydroxylation sites is 1. The van der Waals surface area contributed by atoms with Gasteiger partial charge in [-0.05, 0) is 48.3 Å². The van der Waals surface area contributed by atoms with Crippen LogP contribution in [0, 0.1) is 22.7 Å². The second-order valence-corrected chi connectivity index (χ2v) is 11.6. The molecule has 1 aliphatic rings. The van der Waals surface area contributed by atoms with Gasteiger partial charge in [0.25, 0.3) is 0 Å². The second-order valence-electron chi connectivity index (χ2n) is 9.53. The number of methoxy groups -OCH3 is 1. The number of ether oxygens (including phenoxy) is 1. The van der Waals surface area contributed by atoms with Crippen molar-refractivity contribution in [3.63, 3.8) is 0 Å². The van der Waals surface area contributed by atoms with Crippen LogP contribution < -0.4 is 10.1 Å². The Morgan fingerprint density at radius 1 is 1.35 bits per heavy atom. The van der Waals surface area contributed by atoms with E-state index in [-0.39, 0.29) is 17.1 Å². The highest BCUT2D eigenvalue weighted by Crippen LogP contribution is 2.44. The predicted molar refractivity (Wildman–Crippen MR) is 136 cm³/mol. The van der Waals surface area contributed by atoms with Gasteiger partial charge in [0.1, 0.15) is 16.8 Å². The SMILES string of the molecule is COc1ccccc1-c1nnc(SCC(=O)Nc2sc3c(c2C#N)CCC(C(C)(C)C)C3)n1C. The Morgan fingerprint density at radius 3 is 2.82 bits per heavy atom. The van der Waals surface area contributed by atoms with E-state index in [9.17, 15) is 10.1 Å². The van der Waals surface area contributed by atoms with Crippen LogP contribution in [0.2, 0.25) is 0 Å². The van der Waals surface area contributed by atoms with Gasteiger partial charge in [-0.2, -0.15) is 5.26 Å². The summed E-state index contributed by atoms with van der Waals surface area (Å²) in [5.74, 6) is 1.99. The number of hydrogen-bond donors (Lipinski definition) is 1. The zero-order valence-electron chi connectivity index (χ0n) is 20.1. The van der Waals surface area contributed by atoms with Gasteiger partial charge in [0.2, 0.25) is 5.91 Å². The van der Waals surface area contributed by atoms with Gasteiger partial charge in [-0.1, -0.05) is 44.7 Å². The number of aromatic nitrogens is 3. The Labute approximate surface area is 208 Å². The Balaban J connectivity index is 1.44. The van der Waals surface area contributed by atoms with Crippen LogP contribution in [0.15, 0.2) is 29.4 Å². The van der Waals surface area contributed by atoms with Crippen molar-refractivity contribution >= 4 is 34.0 Å². The Bertz CT molecular complexity index is 1250. The van der Waals surface area contributed by atoms with Crippen LogP contribution in [0.25, 0.3) is 11.4 Å². The number of nitrogens with zero attached hydrogens (tertiary/aromatic N) is 4. The van der Waals surface area contributed by atoms with Crippen molar-refractivity contribution in [2.75, 3.05) is 18.2 Å². The Kier molecular flexibility index (Phi) is 7.01. The summed E-state index contributed by atoms with van der Waals surface area (Å²) in [7, 11) is 3.49. The van der Waals surface area contributed by atoms with E-state index in [0.29, 0.717) is 33.2 Å². The van der Waals surface area contributed by atoms with Gasteiger partial charge in [0.05, 0.1) is 24.0 Å². The summed E-state index contributed by atoms with van der Waals surface area (Å²) >= 11 is 2.87. The number of nitrogens with one attached hydrogen (secondary N) is 1. The molecule has 1 unspecified atom stereocenters. The minimum Gasteiger partial charge on any atom is -0.496 e. The van der Waals surface area contributed by atoms with Crippen LogP contribution in [-0.2, 0) is 24.7 Å². The number of nitriles is 1. The van der Waals surface area contributed by atoms with Crippen LogP contribution in [0.1, 0.15) is 43.2 Å². The highest BCUT2D eigenvalue weighted by molar-refractivity contribution is 7.99. The summed E-state index contributed by atoms with van der Waals surface area (Å²) < 4.78 is 7.29. The summed E-state index contributed by atoms with van der Waals surface area (Å²) in [6.07, 6.45) is 2.94. The molecule has 1 aromatic carbocycles. The minimum absolute atomic E-state index is 0.158. The van der Waals surface area contributed by atoms with Crippen LogP contribution in [0.3, 0.4) is 0 Å². The minimum atomic E-state index is -0.158. The van der Waals surface area contributed by atoms with E-state index >= 15 is 0 Å². The average molecular weight is 496 g/mol. The van der Waals surface area contributed by atoms with Gasteiger partial charge in [-0.15, -0.1) is 21.5 Å². The highest BCUT2D eigenvalue weighted by atomic mass is 32.2. The lowest BCUT2D eigenvalue weighted by atomic mass is 9.72. The molecule has 1 aliphatic carbocycles. The third kappa shape index (κ3) is 4.84. The number of thioether (sulfide) groups is 1. The van der Waals surface area contributed by atoms with Gasteiger partial charge in [-0.25, -0.2) is 0 Å². The third-order valence-corrected chi connectivity index (χ3v) is 8.56. The van der Waals surface area contributed by atoms with E-state index in [1.807, 2.05) is 35.9 Å². The number of carbonyl (C=O) groups excluding carboxylic acids is 1. The van der Waals surface area contributed by atoms with Gasteiger partial charge in [0.15, 0.2) is 11.0 Å². The first kappa shape index (κ1) is 24.3. The molecule has 0 aliphatic heterocycles. The maximum absolute atomic E-state index is 12.8. The fraction of sp³-hybridized carbons (Fsp3) is 0.440. The average Bonchev–Trinajstić information content (AvgIpc) is 3.35. The number of rotatable bonds is 6. The van der Waals surface area contributed by atoms with E-state index in [4.69, 9.17) is 4.74 Å². The zero-order valence-corrected chi connectivity index (χ0v) is 21.8. The first-order valence-electron chi connectivity index (χ1n) is 11.2. The molecular weight excluding hydrogens is 466 g/mol. The number of anilines is 1. The first-order chi connectivity index (χ1) is 16.2. The molecule has 4 rings (SSSR count). The Morgan fingerprint density at radius 2 is 2.12 bits per heavy atom. The van der Waals surface area contributed by atoms with E-state index < -0.39 is 0 Å². The Hall–Kier alpha value is -2.83. The van der Waals surface area contributed by atoms with E-state index in [1.54, 1.807) is 18.4 Å². The molecule has 3 aromatic rings. The summed E-state index contributed by atoms with van der Waals surface area (Å²) in [6, 6.07) is 9.95. The molecule has 0 radical (unpaired) electrons. The molecule has 0 bridgehead atoms. The zero-order chi connectivity index (χ0) is 24.5.